The average Bonchev–Trinajstić information content (AvgIpc) is 3.30. The van der Waals surface area contributed by atoms with Gasteiger partial charge in [0.05, 0.1) is 11.3 Å². The molecule has 10 heteroatoms. The van der Waals surface area contributed by atoms with Crippen LogP contribution in [-0.4, -0.2) is 22.0 Å². The van der Waals surface area contributed by atoms with Crippen molar-refractivity contribution in [3.63, 3.8) is 0 Å². The predicted molar refractivity (Wildman–Crippen MR) is 158 cm³/mol. The minimum Gasteiger partial charge on any atom is -0.507 e. The number of nitrogens with one attached hydrogen (secondary N) is 3. The Hall–Kier alpha value is -4.63. The number of aliphatic hydroxyl groups excluding tert-OH is 1. The lowest BCUT2D eigenvalue weighted by molar-refractivity contribution is -0.113. The second-order valence-electron chi connectivity index (χ2n) is 10.1. The summed E-state index contributed by atoms with van der Waals surface area (Å²) in [6.07, 6.45) is 2.62. The maximum Gasteiger partial charge on any atom is 0.302 e. The third kappa shape index (κ3) is 5.28. The molecule has 0 radical (unpaired) electrons. The zero-order chi connectivity index (χ0) is 28.7. The van der Waals surface area contributed by atoms with E-state index in [1.54, 1.807) is 31.2 Å². The van der Waals surface area contributed by atoms with Crippen LogP contribution in [0.15, 0.2) is 86.9 Å². The highest BCUT2D eigenvalue weighted by atomic mass is 35.5. The maximum atomic E-state index is 14.8. The van der Waals surface area contributed by atoms with Gasteiger partial charge in [-0.1, -0.05) is 35.9 Å². The number of hydrogen-bond acceptors (Lipinski definition) is 7. The fourth-order valence-corrected chi connectivity index (χ4v) is 5.13. The number of hydrogen-bond donors (Lipinski definition) is 4. The topological polar surface area (TPSA) is 112 Å². The van der Waals surface area contributed by atoms with Gasteiger partial charge in [0.1, 0.15) is 23.1 Å². The maximum absolute atomic E-state index is 14.8. The Kier molecular flexibility index (Phi) is 6.96. The summed E-state index contributed by atoms with van der Waals surface area (Å²) < 4.78 is 20.7. The number of amides is 1. The van der Waals surface area contributed by atoms with E-state index < -0.39 is 17.8 Å². The van der Waals surface area contributed by atoms with Gasteiger partial charge in [-0.25, -0.2) is 9.38 Å². The highest BCUT2D eigenvalue weighted by molar-refractivity contribution is 6.31. The van der Waals surface area contributed by atoms with Crippen molar-refractivity contribution in [2.45, 2.75) is 39.2 Å². The van der Waals surface area contributed by atoms with E-state index in [1.165, 1.54) is 18.2 Å². The summed E-state index contributed by atoms with van der Waals surface area (Å²) in [6, 6.07) is 16.4. The number of aliphatic imine (C=N–C) groups is 1. The van der Waals surface area contributed by atoms with E-state index in [9.17, 15) is 14.3 Å². The molecule has 2 heterocycles. The molecule has 41 heavy (non-hydrogen) atoms. The first-order chi connectivity index (χ1) is 19.8. The Balaban J connectivity index is 1.32. The van der Waals surface area contributed by atoms with Crippen molar-refractivity contribution in [2.24, 2.45) is 4.99 Å². The number of aryl methyl sites for hydroxylation is 1. The summed E-state index contributed by atoms with van der Waals surface area (Å²) in [5, 5.41) is 19.8. The Bertz CT molecular complexity index is 1790. The van der Waals surface area contributed by atoms with Crippen molar-refractivity contribution in [3.8, 4) is 0 Å². The number of allylic oxidation sites excluding steroid dienone is 2. The number of nitrogens with zero attached hydrogens (tertiary/aromatic N) is 2. The van der Waals surface area contributed by atoms with Crippen LogP contribution in [0, 0.1) is 12.7 Å². The van der Waals surface area contributed by atoms with Crippen molar-refractivity contribution in [2.75, 3.05) is 10.6 Å². The molecule has 208 valence electrons. The molecule has 0 spiro atoms. The summed E-state index contributed by atoms with van der Waals surface area (Å²) in [6.45, 7) is 3.69. The normalized spacial score (nSPS) is 16.6. The zero-order valence-corrected chi connectivity index (χ0v) is 23.1. The summed E-state index contributed by atoms with van der Waals surface area (Å²) in [5.74, 6) is -0.753. The van der Waals surface area contributed by atoms with E-state index in [1.807, 2.05) is 25.1 Å². The third-order valence-corrected chi connectivity index (χ3v) is 7.58. The van der Waals surface area contributed by atoms with Crippen LogP contribution in [0.4, 0.5) is 16.1 Å². The zero-order valence-electron chi connectivity index (χ0n) is 22.4. The van der Waals surface area contributed by atoms with Crippen molar-refractivity contribution in [1.82, 2.24) is 10.3 Å². The minimum absolute atomic E-state index is 0.0492. The van der Waals surface area contributed by atoms with Crippen molar-refractivity contribution < 1.29 is 18.7 Å². The molecule has 1 saturated carbocycles. The van der Waals surface area contributed by atoms with Gasteiger partial charge in [-0.15, -0.1) is 0 Å². The van der Waals surface area contributed by atoms with Crippen molar-refractivity contribution in [1.29, 1.82) is 0 Å². The number of carbonyl (C=O) groups excluding carboxylic acids is 1. The van der Waals surface area contributed by atoms with E-state index in [2.05, 4.69) is 20.9 Å². The molecule has 2 aliphatic rings. The van der Waals surface area contributed by atoms with E-state index in [0.717, 1.165) is 30.4 Å². The van der Waals surface area contributed by atoms with Gasteiger partial charge in [0.2, 0.25) is 5.96 Å². The molecule has 0 bridgehead atoms. The van der Waals surface area contributed by atoms with Gasteiger partial charge in [0, 0.05) is 21.8 Å². The van der Waals surface area contributed by atoms with Gasteiger partial charge >= 0.3 is 6.01 Å². The standard InChI is InChI=1S/C31H27ClFN5O3/c1-16-10-13-23-25(14-16)41-31(36-23)38-30-34-17(2)26(27(37-30)20-8-3-4-9-21(20)32)29(40)35-24-15-19(11-12-22(24)33)28(39)18-6-5-7-18/h3-4,8-15,27,39H,5-7H2,1-2H3,(H,35,40)(H2,34,36,37,38). The van der Waals surface area contributed by atoms with Crippen LogP contribution in [-0.2, 0) is 4.79 Å². The van der Waals surface area contributed by atoms with Crippen LogP contribution in [0.5, 0.6) is 0 Å². The summed E-state index contributed by atoms with van der Waals surface area (Å²) in [7, 11) is 0. The molecule has 6 rings (SSSR count). The van der Waals surface area contributed by atoms with Crippen molar-refractivity contribution in [3.05, 3.63) is 105 Å². The highest BCUT2D eigenvalue weighted by Gasteiger charge is 2.31. The SMILES string of the molecule is CC1=C(C(=O)Nc2cc(C(O)=C3CCC3)ccc2F)C(c2ccccc2Cl)N=C(Nc2nc3ccc(C)cc3o2)N1. The molecule has 1 aromatic heterocycles. The number of halogens is 2. The van der Waals surface area contributed by atoms with Gasteiger partial charge < -0.3 is 20.2 Å². The molecule has 0 saturated heterocycles. The number of guanidine groups is 1. The van der Waals surface area contributed by atoms with Crippen molar-refractivity contribution >= 4 is 52.0 Å². The molecule has 4 aromatic rings. The van der Waals surface area contributed by atoms with Gasteiger partial charge in [0.15, 0.2) is 5.58 Å². The lowest BCUT2D eigenvalue weighted by Gasteiger charge is -2.27. The summed E-state index contributed by atoms with van der Waals surface area (Å²) in [5.41, 5.74) is 5.00. The Labute approximate surface area is 240 Å². The molecule has 1 aliphatic heterocycles. The van der Waals surface area contributed by atoms with Gasteiger partial charge in [-0.2, -0.15) is 4.98 Å². The minimum atomic E-state index is -0.823. The molecule has 4 N–H and O–H groups in total. The number of carbonyl (C=O) groups is 1. The lowest BCUT2D eigenvalue weighted by atomic mass is 9.89. The summed E-state index contributed by atoms with van der Waals surface area (Å²) in [4.78, 5) is 22.9. The summed E-state index contributed by atoms with van der Waals surface area (Å²) >= 11 is 6.55. The first kappa shape index (κ1) is 26.6. The molecule has 1 unspecified atom stereocenters. The quantitative estimate of drug-likeness (QED) is 0.186. The third-order valence-electron chi connectivity index (χ3n) is 7.24. The molecule has 3 aromatic carbocycles. The van der Waals surface area contributed by atoms with Gasteiger partial charge in [-0.3, -0.25) is 10.1 Å². The number of aromatic nitrogens is 1. The van der Waals surface area contributed by atoms with E-state index in [4.69, 9.17) is 21.0 Å². The fourth-order valence-electron chi connectivity index (χ4n) is 4.89. The van der Waals surface area contributed by atoms with E-state index in [0.29, 0.717) is 38.9 Å². The fraction of sp³-hybridized carbons (Fsp3) is 0.194. The van der Waals surface area contributed by atoms with Crippen LogP contribution in [0.25, 0.3) is 16.9 Å². The highest BCUT2D eigenvalue weighted by Crippen LogP contribution is 2.37. The van der Waals surface area contributed by atoms with Gasteiger partial charge in [-0.05, 0) is 80.6 Å². The van der Waals surface area contributed by atoms with E-state index >= 15 is 0 Å². The molecule has 1 aliphatic carbocycles. The van der Waals surface area contributed by atoms with Crippen LogP contribution in [0.2, 0.25) is 5.02 Å². The first-order valence-corrected chi connectivity index (χ1v) is 13.6. The van der Waals surface area contributed by atoms with Crippen LogP contribution < -0.4 is 16.0 Å². The monoisotopic (exact) mass is 571 g/mol. The second-order valence-corrected chi connectivity index (χ2v) is 10.5. The number of fused-ring (bicyclic) bond motifs is 1. The molecular formula is C31H27ClFN5O3. The number of benzene rings is 3. The average molecular weight is 572 g/mol. The van der Waals surface area contributed by atoms with Crippen LogP contribution in [0.1, 0.15) is 48.9 Å². The largest absolute Gasteiger partial charge is 0.507 e. The lowest BCUT2D eigenvalue weighted by Crippen LogP contribution is -2.37. The second kappa shape index (κ2) is 10.7. The Morgan fingerprint density at radius 3 is 2.68 bits per heavy atom. The van der Waals surface area contributed by atoms with Gasteiger partial charge in [0.25, 0.3) is 5.91 Å². The Morgan fingerprint density at radius 1 is 1.12 bits per heavy atom. The molecule has 1 fully saturated rings. The van der Waals surface area contributed by atoms with Crippen LogP contribution in [0.3, 0.4) is 0 Å². The number of anilines is 2. The Morgan fingerprint density at radius 2 is 1.93 bits per heavy atom. The number of rotatable bonds is 5. The molecular weight excluding hydrogens is 545 g/mol. The predicted octanol–water partition coefficient (Wildman–Crippen LogP) is 7.41. The molecule has 8 nitrogen and oxygen atoms in total. The van der Waals surface area contributed by atoms with Crippen LogP contribution >= 0.6 is 11.6 Å². The smallest absolute Gasteiger partial charge is 0.302 e. The molecule has 1 atom stereocenters. The molecule has 1 amide bonds. The number of aliphatic hydroxyl groups is 1. The number of oxazole rings is 1. The first-order valence-electron chi connectivity index (χ1n) is 13.2. The van der Waals surface area contributed by atoms with E-state index in [-0.39, 0.29) is 23.0 Å².